The molecular formula is C25H21FN4O5S. The van der Waals surface area contributed by atoms with Gasteiger partial charge in [0.25, 0.3) is 0 Å². The number of halogens is 1. The summed E-state index contributed by atoms with van der Waals surface area (Å²) in [6, 6.07) is 15.9. The molecule has 1 aliphatic rings. The Balaban J connectivity index is 1.55. The number of hydrogen-bond donors (Lipinski definition) is 3. The third kappa shape index (κ3) is 5.81. The molecule has 1 aliphatic heterocycles. The lowest BCUT2D eigenvalue weighted by Crippen LogP contribution is -2.33. The fourth-order valence-electron chi connectivity index (χ4n) is 3.34. The van der Waals surface area contributed by atoms with Crippen molar-refractivity contribution in [2.75, 3.05) is 17.3 Å². The molecule has 1 heterocycles. The van der Waals surface area contributed by atoms with Crippen molar-refractivity contribution < 1.29 is 28.9 Å². The number of benzene rings is 3. The van der Waals surface area contributed by atoms with Gasteiger partial charge in [-0.1, -0.05) is 11.8 Å². The fourth-order valence-corrected chi connectivity index (χ4v) is 4.43. The first kappa shape index (κ1) is 24.7. The third-order valence-electron chi connectivity index (χ3n) is 5.10. The molecule has 11 heteroatoms. The number of amidine groups is 1. The quantitative estimate of drug-likeness (QED) is 0.326. The Labute approximate surface area is 209 Å². The number of hydrogen-bond acceptors (Lipinski definition) is 8. The molecule has 4 rings (SSSR count). The van der Waals surface area contributed by atoms with Crippen LogP contribution in [0.25, 0.3) is 0 Å². The number of amides is 2. The Morgan fingerprint density at radius 3 is 2.56 bits per heavy atom. The zero-order valence-electron chi connectivity index (χ0n) is 19.0. The second kappa shape index (κ2) is 10.9. The van der Waals surface area contributed by atoms with Gasteiger partial charge >= 0.3 is 0 Å². The summed E-state index contributed by atoms with van der Waals surface area (Å²) < 4.78 is 18.2. The number of thioether (sulfide) groups is 1. The van der Waals surface area contributed by atoms with E-state index in [9.17, 15) is 24.2 Å². The van der Waals surface area contributed by atoms with Gasteiger partial charge in [0.2, 0.25) is 11.8 Å². The van der Waals surface area contributed by atoms with E-state index in [1.54, 1.807) is 24.3 Å². The number of methoxy groups -OCH3 is 1. The van der Waals surface area contributed by atoms with Crippen molar-refractivity contribution in [3.8, 4) is 17.2 Å². The topological polar surface area (TPSA) is 124 Å². The van der Waals surface area contributed by atoms with E-state index in [-0.39, 0.29) is 34.7 Å². The van der Waals surface area contributed by atoms with E-state index in [4.69, 9.17) is 4.74 Å². The van der Waals surface area contributed by atoms with Crippen LogP contribution in [0, 0.1) is 5.82 Å². The van der Waals surface area contributed by atoms with Crippen molar-refractivity contribution in [1.82, 2.24) is 0 Å². The van der Waals surface area contributed by atoms with Gasteiger partial charge in [0.05, 0.1) is 19.0 Å². The van der Waals surface area contributed by atoms with Crippen LogP contribution in [0.3, 0.4) is 0 Å². The zero-order chi connectivity index (χ0) is 25.7. The molecule has 0 spiro atoms. The van der Waals surface area contributed by atoms with Crippen molar-refractivity contribution in [3.63, 3.8) is 0 Å². The SMILES string of the molecule is COc1cc(/C=N/N=C2/SC(CC(=O)Nc3ccc(F)cc3)C(=O)N2c2ccc(O)cc2)ccc1O. The average Bonchev–Trinajstić information content (AvgIpc) is 3.16. The van der Waals surface area contributed by atoms with Gasteiger partial charge < -0.3 is 20.3 Å². The Morgan fingerprint density at radius 1 is 1.14 bits per heavy atom. The minimum absolute atomic E-state index is 0.0156. The number of phenols is 2. The number of aromatic hydroxyl groups is 2. The molecule has 0 aromatic heterocycles. The first-order valence-corrected chi connectivity index (χ1v) is 11.5. The first-order valence-electron chi connectivity index (χ1n) is 10.7. The highest BCUT2D eigenvalue weighted by Gasteiger charge is 2.40. The van der Waals surface area contributed by atoms with E-state index in [1.807, 2.05) is 0 Å². The summed E-state index contributed by atoms with van der Waals surface area (Å²) in [7, 11) is 1.43. The van der Waals surface area contributed by atoms with Crippen LogP contribution in [0.1, 0.15) is 12.0 Å². The smallest absolute Gasteiger partial charge is 0.247 e. The third-order valence-corrected chi connectivity index (χ3v) is 6.22. The lowest BCUT2D eigenvalue weighted by Gasteiger charge is -2.16. The van der Waals surface area contributed by atoms with E-state index in [0.29, 0.717) is 16.9 Å². The molecule has 36 heavy (non-hydrogen) atoms. The number of phenolic OH excluding ortho intramolecular Hbond substituents is 2. The number of carbonyl (C=O) groups is 2. The highest BCUT2D eigenvalue weighted by atomic mass is 32.2. The van der Waals surface area contributed by atoms with Crippen LogP contribution in [-0.4, -0.2) is 45.8 Å². The summed E-state index contributed by atoms with van der Waals surface area (Å²) in [5, 5.41) is 29.7. The molecule has 0 saturated carbocycles. The number of nitrogens with zero attached hydrogens (tertiary/aromatic N) is 3. The summed E-state index contributed by atoms with van der Waals surface area (Å²) in [6.07, 6.45) is 1.29. The predicted octanol–water partition coefficient (Wildman–Crippen LogP) is 4.11. The lowest BCUT2D eigenvalue weighted by molar-refractivity contribution is -0.121. The molecule has 3 N–H and O–H groups in total. The fraction of sp³-hybridized carbons (Fsp3) is 0.120. The van der Waals surface area contributed by atoms with Gasteiger partial charge in [0, 0.05) is 12.1 Å². The number of ether oxygens (including phenoxy) is 1. The van der Waals surface area contributed by atoms with Crippen LogP contribution in [0.4, 0.5) is 15.8 Å². The molecule has 0 radical (unpaired) electrons. The van der Waals surface area contributed by atoms with Crippen LogP contribution in [0.5, 0.6) is 17.2 Å². The summed E-state index contributed by atoms with van der Waals surface area (Å²) in [5.74, 6) is -0.926. The second-order valence-electron chi connectivity index (χ2n) is 7.61. The van der Waals surface area contributed by atoms with Gasteiger partial charge in [-0.15, -0.1) is 5.10 Å². The van der Waals surface area contributed by atoms with Gasteiger partial charge in [-0.2, -0.15) is 5.10 Å². The lowest BCUT2D eigenvalue weighted by atomic mass is 10.2. The van der Waals surface area contributed by atoms with Crippen LogP contribution >= 0.6 is 11.8 Å². The molecule has 1 saturated heterocycles. The molecular weight excluding hydrogens is 487 g/mol. The number of rotatable bonds is 7. The average molecular weight is 509 g/mol. The standard InChI is InChI=1S/C25H21FN4O5S/c1-35-21-12-15(2-11-20(21)32)14-27-29-25-30(18-7-9-19(31)10-8-18)24(34)22(36-25)13-23(33)28-17-5-3-16(26)4-6-17/h2-12,14,22,31-32H,13H2,1H3,(H,28,33)/b27-14+,29-25+. The largest absolute Gasteiger partial charge is 0.508 e. The minimum atomic E-state index is -0.776. The molecule has 184 valence electrons. The highest BCUT2D eigenvalue weighted by Crippen LogP contribution is 2.34. The minimum Gasteiger partial charge on any atom is -0.508 e. The Bertz CT molecular complexity index is 1330. The molecule has 0 bridgehead atoms. The molecule has 2 amide bonds. The van der Waals surface area contributed by atoms with Crippen molar-refractivity contribution in [2.24, 2.45) is 10.2 Å². The van der Waals surface area contributed by atoms with Crippen molar-refractivity contribution in [1.29, 1.82) is 0 Å². The maximum atomic E-state index is 13.2. The van der Waals surface area contributed by atoms with Crippen LogP contribution in [0.2, 0.25) is 0 Å². The predicted molar refractivity (Wildman–Crippen MR) is 136 cm³/mol. The molecule has 1 unspecified atom stereocenters. The highest BCUT2D eigenvalue weighted by molar-refractivity contribution is 8.16. The summed E-state index contributed by atoms with van der Waals surface area (Å²) in [6.45, 7) is 0. The van der Waals surface area contributed by atoms with E-state index >= 15 is 0 Å². The van der Waals surface area contributed by atoms with Gasteiger partial charge in [-0.3, -0.25) is 14.5 Å². The molecule has 3 aromatic rings. The summed E-state index contributed by atoms with van der Waals surface area (Å²) in [5.41, 5.74) is 1.47. The van der Waals surface area contributed by atoms with Crippen LogP contribution < -0.4 is 15.0 Å². The van der Waals surface area contributed by atoms with Crippen LogP contribution in [-0.2, 0) is 9.59 Å². The summed E-state index contributed by atoms with van der Waals surface area (Å²) in [4.78, 5) is 27.1. The molecule has 9 nitrogen and oxygen atoms in total. The molecule has 1 fully saturated rings. The maximum absolute atomic E-state index is 13.2. The molecule has 3 aromatic carbocycles. The Morgan fingerprint density at radius 2 is 1.86 bits per heavy atom. The number of anilines is 2. The zero-order valence-corrected chi connectivity index (χ0v) is 19.8. The van der Waals surface area contributed by atoms with E-state index in [2.05, 4.69) is 15.5 Å². The van der Waals surface area contributed by atoms with Gasteiger partial charge in [-0.25, -0.2) is 4.39 Å². The van der Waals surface area contributed by atoms with E-state index in [0.717, 1.165) is 11.8 Å². The van der Waals surface area contributed by atoms with Gasteiger partial charge in [-0.05, 0) is 72.3 Å². The molecule has 1 atom stereocenters. The molecule has 0 aliphatic carbocycles. The van der Waals surface area contributed by atoms with Gasteiger partial charge in [0.1, 0.15) is 16.8 Å². The monoisotopic (exact) mass is 508 g/mol. The Kier molecular flexibility index (Phi) is 7.50. The number of carbonyl (C=O) groups excluding carboxylic acids is 2. The van der Waals surface area contributed by atoms with E-state index < -0.39 is 17.0 Å². The van der Waals surface area contributed by atoms with Crippen molar-refractivity contribution in [3.05, 3.63) is 78.1 Å². The van der Waals surface area contributed by atoms with Crippen LogP contribution in [0.15, 0.2) is 76.9 Å². The normalized spacial score (nSPS) is 16.6. The second-order valence-corrected chi connectivity index (χ2v) is 8.78. The maximum Gasteiger partial charge on any atom is 0.247 e. The van der Waals surface area contributed by atoms with Crippen molar-refractivity contribution in [2.45, 2.75) is 11.7 Å². The Hall–Kier alpha value is -4.38. The number of nitrogens with one attached hydrogen (secondary N) is 1. The van der Waals surface area contributed by atoms with Gasteiger partial charge in [0.15, 0.2) is 16.7 Å². The summed E-state index contributed by atoms with van der Waals surface area (Å²) >= 11 is 1.08. The van der Waals surface area contributed by atoms with Crippen molar-refractivity contribution >= 4 is 46.3 Å². The first-order chi connectivity index (χ1) is 17.3. The van der Waals surface area contributed by atoms with E-state index in [1.165, 1.54) is 60.7 Å².